The van der Waals surface area contributed by atoms with Gasteiger partial charge in [0.2, 0.25) is 11.8 Å². The number of ether oxygens (including phenoxy) is 1. The zero-order valence-electron chi connectivity index (χ0n) is 15.4. The van der Waals surface area contributed by atoms with Gasteiger partial charge in [0.25, 0.3) is 0 Å². The van der Waals surface area contributed by atoms with Crippen LogP contribution in [0.15, 0.2) is 48.5 Å². The van der Waals surface area contributed by atoms with Crippen LogP contribution in [-0.2, 0) is 14.3 Å². The van der Waals surface area contributed by atoms with Crippen LogP contribution in [0.1, 0.15) is 6.42 Å². The molecule has 2 aliphatic rings. The molecule has 1 aliphatic heterocycles. The number of hydrogen-bond donors (Lipinski definition) is 2. The number of carbonyl (C=O) groups excluding carboxylic acids is 2. The molecule has 28 heavy (non-hydrogen) atoms. The van der Waals surface area contributed by atoms with Gasteiger partial charge in [-0.3, -0.25) is 9.59 Å². The van der Waals surface area contributed by atoms with Crippen LogP contribution in [0.5, 0.6) is 0 Å². The Kier molecular flexibility index (Phi) is 5.50. The summed E-state index contributed by atoms with van der Waals surface area (Å²) in [4.78, 5) is 27.3. The third-order valence-corrected chi connectivity index (χ3v) is 5.44. The molecule has 1 saturated carbocycles. The van der Waals surface area contributed by atoms with E-state index < -0.39 is 0 Å². The van der Waals surface area contributed by atoms with Gasteiger partial charge in [0.1, 0.15) is 0 Å². The summed E-state index contributed by atoms with van der Waals surface area (Å²) in [5.74, 6) is -0.943. The second-order valence-corrected chi connectivity index (χ2v) is 7.43. The average Bonchev–Trinajstić information content (AvgIpc) is 3.52. The summed E-state index contributed by atoms with van der Waals surface area (Å²) in [5.41, 5.74) is 2.32. The first-order chi connectivity index (χ1) is 13.6. The van der Waals surface area contributed by atoms with Crippen molar-refractivity contribution >= 4 is 40.5 Å². The van der Waals surface area contributed by atoms with Gasteiger partial charge in [-0.15, -0.1) is 0 Å². The lowest BCUT2D eigenvalue weighted by Gasteiger charge is -2.30. The van der Waals surface area contributed by atoms with Crippen LogP contribution in [0.4, 0.5) is 17.1 Å². The Morgan fingerprint density at radius 2 is 1.46 bits per heavy atom. The minimum absolute atomic E-state index is 0.125. The zero-order valence-corrected chi connectivity index (χ0v) is 16.1. The molecule has 2 amide bonds. The molecule has 2 unspecified atom stereocenters. The van der Waals surface area contributed by atoms with Gasteiger partial charge in [-0.1, -0.05) is 35.9 Å². The summed E-state index contributed by atoms with van der Waals surface area (Å²) in [6.07, 6.45) is 0.543. The molecule has 2 atom stereocenters. The number of anilines is 3. The number of morpholine rings is 1. The Bertz CT molecular complexity index is 883. The molecule has 6 nitrogen and oxygen atoms in total. The molecule has 146 valence electrons. The number of carbonyl (C=O) groups is 2. The van der Waals surface area contributed by atoms with Crippen molar-refractivity contribution in [3.63, 3.8) is 0 Å². The Hall–Kier alpha value is -2.57. The van der Waals surface area contributed by atoms with Gasteiger partial charge in [-0.05, 0) is 30.7 Å². The van der Waals surface area contributed by atoms with Crippen molar-refractivity contribution in [2.24, 2.45) is 11.8 Å². The highest BCUT2D eigenvalue weighted by Crippen LogP contribution is 2.41. The maximum absolute atomic E-state index is 12.7. The minimum Gasteiger partial charge on any atom is -0.378 e. The first-order valence-electron chi connectivity index (χ1n) is 9.41. The molecule has 1 aliphatic carbocycles. The van der Waals surface area contributed by atoms with Crippen LogP contribution in [0.2, 0.25) is 5.02 Å². The summed E-state index contributed by atoms with van der Waals surface area (Å²) in [7, 11) is 0. The molecule has 1 saturated heterocycles. The molecule has 2 fully saturated rings. The average molecular weight is 400 g/mol. The smallest absolute Gasteiger partial charge is 0.228 e. The van der Waals surface area contributed by atoms with Gasteiger partial charge < -0.3 is 20.3 Å². The molecule has 2 N–H and O–H groups in total. The Labute approximate surface area is 168 Å². The van der Waals surface area contributed by atoms with E-state index in [0.29, 0.717) is 30.3 Å². The number of nitrogens with one attached hydrogen (secondary N) is 2. The van der Waals surface area contributed by atoms with E-state index in [1.54, 1.807) is 24.3 Å². The lowest BCUT2D eigenvalue weighted by Crippen LogP contribution is -2.36. The second-order valence-electron chi connectivity index (χ2n) is 7.02. The summed E-state index contributed by atoms with van der Waals surface area (Å²) in [6, 6.07) is 14.8. The largest absolute Gasteiger partial charge is 0.378 e. The quantitative estimate of drug-likeness (QED) is 0.808. The summed E-state index contributed by atoms with van der Waals surface area (Å²) < 4.78 is 5.41. The van der Waals surface area contributed by atoms with E-state index in [2.05, 4.69) is 15.5 Å². The van der Waals surface area contributed by atoms with Crippen molar-refractivity contribution in [3.8, 4) is 0 Å². The lowest BCUT2D eigenvalue weighted by atomic mass is 10.2. The number of nitrogens with zero attached hydrogens (tertiary/aromatic N) is 1. The molecule has 1 heterocycles. The molecule has 2 aromatic rings. The van der Waals surface area contributed by atoms with E-state index in [9.17, 15) is 9.59 Å². The molecule has 0 aromatic heterocycles. The van der Waals surface area contributed by atoms with Crippen molar-refractivity contribution < 1.29 is 14.3 Å². The fourth-order valence-corrected chi connectivity index (χ4v) is 3.63. The normalized spacial score (nSPS) is 21.1. The summed E-state index contributed by atoms with van der Waals surface area (Å²) in [5, 5.41) is 6.30. The number of hydrogen-bond acceptors (Lipinski definition) is 4. The maximum atomic E-state index is 12.7. The van der Waals surface area contributed by atoms with Gasteiger partial charge in [0.05, 0.1) is 47.1 Å². The van der Waals surface area contributed by atoms with Gasteiger partial charge >= 0.3 is 0 Å². The van der Waals surface area contributed by atoms with Crippen LogP contribution >= 0.6 is 11.6 Å². The second kappa shape index (κ2) is 8.20. The molecule has 0 radical (unpaired) electrons. The van der Waals surface area contributed by atoms with Crippen LogP contribution in [-0.4, -0.2) is 38.1 Å². The van der Waals surface area contributed by atoms with Gasteiger partial charge in [0.15, 0.2) is 0 Å². The highest BCUT2D eigenvalue weighted by Gasteiger charge is 2.48. The fourth-order valence-electron chi connectivity index (χ4n) is 3.45. The number of amides is 2. The van der Waals surface area contributed by atoms with Crippen molar-refractivity contribution in [1.29, 1.82) is 0 Å². The number of rotatable bonds is 5. The number of para-hydroxylation sites is 3. The Balaban J connectivity index is 1.38. The molecule has 4 rings (SSSR count). The fraction of sp³-hybridized carbons (Fsp3) is 0.333. The SMILES string of the molecule is O=C(Nc1ccccc1Cl)C1CC1C(=O)Nc1ccccc1N1CCOCC1. The molecule has 7 heteroatoms. The van der Waals surface area contributed by atoms with Crippen LogP contribution in [0.3, 0.4) is 0 Å². The van der Waals surface area contributed by atoms with E-state index in [1.165, 1.54) is 0 Å². The van der Waals surface area contributed by atoms with Gasteiger partial charge in [-0.2, -0.15) is 0 Å². The van der Waals surface area contributed by atoms with E-state index in [4.69, 9.17) is 16.3 Å². The predicted octanol–water partition coefficient (Wildman–Crippen LogP) is 3.39. The predicted molar refractivity (Wildman–Crippen MR) is 110 cm³/mol. The van der Waals surface area contributed by atoms with Crippen molar-refractivity contribution in [1.82, 2.24) is 0 Å². The van der Waals surface area contributed by atoms with Crippen LogP contribution in [0.25, 0.3) is 0 Å². The summed E-state index contributed by atoms with van der Waals surface area (Å²) >= 11 is 6.08. The first-order valence-corrected chi connectivity index (χ1v) is 9.79. The number of halogens is 1. The molecule has 0 spiro atoms. The molecular weight excluding hydrogens is 378 g/mol. The third kappa shape index (κ3) is 4.13. The van der Waals surface area contributed by atoms with Crippen LogP contribution < -0.4 is 15.5 Å². The van der Waals surface area contributed by atoms with E-state index in [-0.39, 0.29) is 23.7 Å². The molecule has 0 bridgehead atoms. The monoisotopic (exact) mass is 399 g/mol. The van der Waals surface area contributed by atoms with Crippen molar-refractivity contribution in [3.05, 3.63) is 53.6 Å². The summed E-state index contributed by atoms with van der Waals surface area (Å²) in [6.45, 7) is 2.93. The highest BCUT2D eigenvalue weighted by atomic mass is 35.5. The topological polar surface area (TPSA) is 70.7 Å². The Morgan fingerprint density at radius 1 is 0.893 bits per heavy atom. The Morgan fingerprint density at radius 3 is 2.14 bits per heavy atom. The molecular formula is C21H22ClN3O3. The lowest BCUT2D eigenvalue weighted by molar-refractivity contribution is -0.122. The van der Waals surface area contributed by atoms with Crippen molar-refractivity contribution in [2.75, 3.05) is 41.8 Å². The molecule has 2 aromatic carbocycles. The highest BCUT2D eigenvalue weighted by molar-refractivity contribution is 6.33. The standard InChI is InChI=1S/C21H22ClN3O3/c22-16-5-1-2-6-17(16)23-20(26)14-13-15(14)21(27)24-18-7-3-4-8-19(18)25-9-11-28-12-10-25/h1-8,14-15H,9-13H2,(H,23,26)(H,24,27). The minimum atomic E-state index is -0.327. The van der Waals surface area contributed by atoms with E-state index in [1.807, 2.05) is 24.3 Å². The van der Waals surface area contributed by atoms with Crippen LogP contribution in [0, 0.1) is 11.8 Å². The van der Waals surface area contributed by atoms with Gasteiger partial charge in [0, 0.05) is 13.1 Å². The maximum Gasteiger partial charge on any atom is 0.228 e. The van der Waals surface area contributed by atoms with Crippen molar-refractivity contribution in [2.45, 2.75) is 6.42 Å². The first kappa shape index (κ1) is 18.8. The third-order valence-electron chi connectivity index (χ3n) is 5.11. The zero-order chi connectivity index (χ0) is 19.5. The number of benzene rings is 2. The van der Waals surface area contributed by atoms with E-state index >= 15 is 0 Å². The van der Waals surface area contributed by atoms with Gasteiger partial charge in [-0.25, -0.2) is 0 Å². The van der Waals surface area contributed by atoms with E-state index in [0.717, 1.165) is 24.5 Å².